The fourth-order valence-corrected chi connectivity index (χ4v) is 10.8. The molecule has 286 valence electrons. The number of hydrogen-bond acceptors (Lipinski definition) is 9. The Bertz CT molecular complexity index is 1880. The number of carbonyl (C=O) groups is 2. The number of amides is 2. The van der Waals surface area contributed by atoms with E-state index < -0.39 is 27.6 Å². The standard InChI is InChI=1S/C40H51ClN4O7S/c1-43-19-4-7-35(52-38(47)44(2)30-14-20-50-21-15-30)32-11-8-28(32)24-45-25-39(16-3-6-27-22-29(41)9-12-33(27)39)26-51-36-13-10-31(23-34(36)45)53(48,49)42-37(46)40(43)17-5-18-40/h4,7,9-10,12-13,22-23,28,30,32,35H,3,5-6,8,11,14-21,24-26H2,1-2H3,(H,42,46)/b7-4+/t28-,32+,35-,39-/m0/s1. The Morgan fingerprint density at radius 1 is 1.06 bits per heavy atom. The molecular weight excluding hydrogens is 716 g/mol. The molecule has 1 N–H and O–H groups in total. The quantitative estimate of drug-likeness (QED) is 0.385. The number of ether oxygens (including phenoxy) is 3. The summed E-state index contributed by atoms with van der Waals surface area (Å²) < 4.78 is 48.9. The second kappa shape index (κ2) is 14.4. The summed E-state index contributed by atoms with van der Waals surface area (Å²) >= 11 is 6.47. The highest BCUT2D eigenvalue weighted by molar-refractivity contribution is 7.90. The second-order valence-corrected chi connectivity index (χ2v) is 18.3. The van der Waals surface area contributed by atoms with E-state index >= 15 is 0 Å². The summed E-state index contributed by atoms with van der Waals surface area (Å²) in [6.45, 7) is 3.35. The van der Waals surface area contributed by atoms with E-state index in [0.29, 0.717) is 68.8 Å². The van der Waals surface area contributed by atoms with Gasteiger partial charge in [0.2, 0.25) is 0 Å². The van der Waals surface area contributed by atoms with Gasteiger partial charge in [-0.25, -0.2) is 17.9 Å². The van der Waals surface area contributed by atoms with Crippen LogP contribution in [0.25, 0.3) is 0 Å². The third-order valence-corrected chi connectivity index (χ3v) is 14.8. The maximum absolute atomic E-state index is 14.0. The van der Waals surface area contributed by atoms with Gasteiger partial charge < -0.3 is 24.0 Å². The smallest absolute Gasteiger partial charge is 0.410 e. The van der Waals surface area contributed by atoms with Crippen LogP contribution in [-0.2, 0) is 36.1 Å². The number of rotatable bonds is 2. The molecule has 3 aliphatic heterocycles. The summed E-state index contributed by atoms with van der Waals surface area (Å²) in [5.41, 5.74) is 1.84. The van der Waals surface area contributed by atoms with Gasteiger partial charge in [0.05, 0.1) is 17.2 Å². The molecule has 3 fully saturated rings. The number of carbonyl (C=O) groups excluding carboxylic acids is 2. The molecule has 0 aromatic heterocycles. The molecule has 0 unspecified atom stereocenters. The van der Waals surface area contributed by atoms with Crippen LogP contribution < -0.4 is 14.4 Å². The molecule has 6 aliphatic rings. The Morgan fingerprint density at radius 2 is 1.87 bits per heavy atom. The van der Waals surface area contributed by atoms with E-state index in [1.165, 1.54) is 11.1 Å². The van der Waals surface area contributed by atoms with E-state index in [9.17, 15) is 18.0 Å². The maximum atomic E-state index is 14.0. The van der Waals surface area contributed by atoms with E-state index in [4.69, 9.17) is 25.8 Å². The van der Waals surface area contributed by atoms with Crippen molar-refractivity contribution >= 4 is 39.3 Å². The number of sulfonamides is 1. The van der Waals surface area contributed by atoms with Crippen LogP contribution in [0.3, 0.4) is 0 Å². The zero-order valence-corrected chi connectivity index (χ0v) is 32.3. The predicted octanol–water partition coefficient (Wildman–Crippen LogP) is 5.68. The van der Waals surface area contributed by atoms with Crippen molar-refractivity contribution in [2.75, 3.05) is 58.5 Å². The normalized spacial score (nSPS) is 30.4. The lowest BCUT2D eigenvalue weighted by atomic mass is 9.68. The molecule has 13 heteroatoms. The molecule has 2 amide bonds. The molecule has 11 nitrogen and oxygen atoms in total. The first-order valence-corrected chi connectivity index (χ1v) is 21.1. The number of likely N-dealkylation sites (N-methyl/N-ethyl adjacent to an activating group) is 1. The largest absolute Gasteiger partial charge is 0.490 e. The minimum Gasteiger partial charge on any atom is -0.490 e. The molecule has 2 aromatic carbocycles. The van der Waals surface area contributed by atoms with Gasteiger partial charge in [-0.3, -0.25) is 9.69 Å². The lowest BCUT2D eigenvalue weighted by molar-refractivity contribution is -0.136. The first-order chi connectivity index (χ1) is 25.5. The van der Waals surface area contributed by atoms with Gasteiger partial charge in [0.1, 0.15) is 17.4 Å². The van der Waals surface area contributed by atoms with Gasteiger partial charge in [0.15, 0.2) is 0 Å². The van der Waals surface area contributed by atoms with Crippen LogP contribution in [0.1, 0.15) is 68.9 Å². The highest BCUT2D eigenvalue weighted by Gasteiger charge is 2.49. The van der Waals surface area contributed by atoms with E-state index in [-0.39, 0.29) is 34.3 Å². The molecule has 2 bridgehead atoms. The Hall–Kier alpha value is -3.32. The Morgan fingerprint density at radius 3 is 2.60 bits per heavy atom. The summed E-state index contributed by atoms with van der Waals surface area (Å²) in [5, 5.41) is 0.712. The number of anilines is 1. The first-order valence-electron chi connectivity index (χ1n) is 19.3. The third-order valence-electron chi connectivity index (χ3n) is 13.2. The molecule has 3 heterocycles. The van der Waals surface area contributed by atoms with E-state index in [2.05, 4.69) is 21.8 Å². The highest BCUT2D eigenvalue weighted by atomic mass is 35.5. The highest BCUT2D eigenvalue weighted by Crippen LogP contribution is 2.47. The predicted molar refractivity (Wildman–Crippen MR) is 202 cm³/mol. The molecule has 2 aromatic rings. The molecule has 4 atom stereocenters. The van der Waals surface area contributed by atoms with Crippen LogP contribution in [0.15, 0.2) is 53.4 Å². The number of hydrogen-bond donors (Lipinski definition) is 1. The molecule has 2 spiro atoms. The van der Waals surface area contributed by atoms with Gasteiger partial charge in [-0.15, -0.1) is 0 Å². The number of benzene rings is 2. The Balaban J connectivity index is 1.18. The van der Waals surface area contributed by atoms with Gasteiger partial charge in [-0.05, 0) is 125 Å². The van der Waals surface area contributed by atoms with Crippen LogP contribution in [0, 0.1) is 11.8 Å². The average molecular weight is 767 g/mol. The van der Waals surface area contributed by atoms with Gasteiger partial charge in [-0.2, -0.15) is 0 Å². The average Bonchev–Trinajstić information content (AvgIpc) is 3.25. The summed E-state index contributed by atoms with van der Waals surface area (Å²) in [4.78, 5) is 33.6. The lowest BCUT2D eigenvalue weighted by Crippen LogP contribution is -2.62. The number of nitrogens with one attached hydrogen (secondary N) is 1. The fourth-order valence-electron chi connectivity index (χ4n) is 9.59. The Kier molecular flexibility index (Phi) is 9.95. The summed E-state index contributed by atoms with van der Waals surface area (Å²) in [6, 6.07) is 11.2. The van der Waals surface area contributed by atoms with Gasteiger partial charge >= 0.3 is 6.09 Å². The van der Waals surface area contributed by atoms with Gasteiger partial charge in [-0.1, -0.05) is 23.7 Å². The summed E-state index contributed by atoms with van der Waals surface area (Å²) in [5.74, 6) is 0.323. The number of halogens is 1. The van der Waals surface area contributed by atoms with Crippen LogP contribution in [0.5, 0.6) is 5.75 Å². The van der Waals surface area contributed by atoms with E-state index in [1.807, 2.05) is 37.2 Å². The molecule has 53 heavy (non-hydrogen) atoms. The molecule has 8 rings (SSSR count). The van der Waals surface area contributed by atoms with Crippen molar-refractivity contribution in [3.8, 4) is 5.75 Å². The van der Waals surface area contributed by atoms with Crippen molar-refractivity contribution in [2.45, 2.75) is 92.2 Å². The van der Waals surface area contributed by atoms with Gasteiger partial charge in [0, 0.05) is 62.3 Å². The van der Waals surface area contributed by atoms with E-state index in [1.54, 1.807) is 23.1 Å². The Labute approximate surface area is 318 Å². The third kappa shape index (κ3) is 6.82. The summed E-state index contributed by atoms with van der Waals surface area (Å²) in [7, 11) is -0.517. The zero-order valence-electron chi connectivity index (χ0n) is 30.7. The molecule has 1 saturated heterocycles. The van der Waals surface area contributed by atoms with Crippen LogP contribution in [0.4, 0.5) is 10.5 Å². The van der Waals surface area contributed by atoms with Crippen molar-refractivity contribution in [3.63, 3.8) is 0 Å². The lowest BCUT2D eigenvalue weighted by Gasteiger charge is -2.47. The first kappa shape index (κ1) is 36.6. The van der Waals surface area contributed by atoms with Crippen LogP contribution >= 0.6 is 11.6 Å². The molecule has 2 saturated carbocycles. The monoisotopic (exact) mass is 766 g/mol. The second-order valence-electron chi connectivity index (χ2n) is 16.2. The van der Waals surface area contributed by atoms with Crippen molar-refractivity contribution in [3.05, 3.63) is 64.7 Å². The van der Waals surface area contributed by atoms with Crippen molar-refractivity contribution in [1.82, 2.24) is 14.5 Å². The van der Waals surface area contributed by atoms with Crippen LogP contribution in [-0.4, -0.2) is 101 Å². The van der Waals surface area contributed by atoms with E-state index in [0.717, 1.165) is 51.4 Å². The molecule has 3 aliphatic carbocycles. The number of nitrogens with zero attached hydrogens (tertiary/aromatic N) is 3. The molecular formula is C40H51ClN4O7S. The number of fused-ring (bicyclic) bond motifs is 4. The van der Waals surface area contributed by atoms with Gasteiger partial charge in [0.25, 0.3) is 15.9 Å². The maximum Gasteiger partial charge on any atom is 0.410 e. The summed E-state index contributed by atoms with van der Waals surface area (Å²) in [6.07, 6.45) is 11.3. The number of aryl methyl sites for hydroxylation is 1. The SMILES string of the molecule is CN(C(=O)O[C@H]1/C=C/CN(C)C2(CCC2)C(=O)NS(=O)(=O)c2ccc3c(c2)N(C[C@@H]2CC[C@H]21)C[C@@]1(CCCc2cc(Cl)ccc21)CO3)C1CCOCC1. The van der Waals surface area contributed by atoms with Crippen molar-refractivity contribution in [1.29, 1.82) is 0 Å². The topological polar surface area (TPSA) is 118 Å². The van der Waals surface area contributed by atoms with Crippen LogP contribution in [0.2, 0.25) is 5.02 Å². The van der Waals surface area contributed by atoms with Crippen molar-refractivity contribution < 1.29 is 32.2 Å². The zero-order chi connectivity index (χ0) is 37.0. The van der Waals surface area contributed by atoms with Crippen molar-refractivity contribution in [2.24, 2.45) is 11.8 Å². The molecule has 0 radical (unpaired) electrons. The fraction of sp³-hybridized carbons (Fsp3) is 0.600. The minimum atomic E-state index is -4.19. The minimum absolute atomic E-state index is 0.0298.